The maximum absolute atomic E-state index is 12.4. The molecule has 0 aromatic heterocycles. The third-order valence-corrected chi connectivity index (χ3v) is 2.95. The van der Waals surface area contributed by atoms with Gasteiger partial charge in [0.25, 0.3) is 11.7 Å². The number of alkyl halides is 3. The van der Waals surface area contributed by atoms with Gasteiger partial charge in [-0.1, -0.05) is 0 Å². The monoisotopic (exact) mass is 341 g/mol. The Bertz CT molecular complexity index is 510. The Morgan fingerprint density at radius 2 is 1.81 bits per heavy atom. The van der Waals surface area contributed by atoms with Crippen LogP contribution in [0.25, 0.3) is 0 Å². The van der Waals surface area contributed by atoms with Crippen LogP contribution in [0.3, 0.4) is 0 Å². The predicted octanol–water partition coefficient (Wildman–Crippen LogP) is 2.44. The molecule has 0 aliphatic carbocycles. The van der Waals surface area contributed by atoms with Crippen molar-refractivity contribution >= 4 is 40.0 Å². The molecule has 0 saturated carbocycles. The minimum atomic E-state index is -4.49. The van der Waals surface area contributed by atoms with Crippen molar-refractivity contribution in [2.24, 2.45) is 0 Å². The van der Waals surface area contributed by atoms with Gasteiger partial charge in [0, 0.05) is 3.57 Å². The van der Waals surface area contributed by atoms with Crippen molar-refractivity contribution in [3.8, 4) is 0 Å². The zero-order valence-corrected chi connectivity index (χ0v) is 9.64. The van der Waals surface area contributed by atoms with Gasteiger partial charge < -0.3 is 5.32 Å². The fraction of sp³-hybridized carbons (Fsp3) is 0.111. The third-order valence-electron chi connectivity index (χ3n) is 2.10. The van der Waals surface area contributed by atoms with E-state index in [0.29, 0.717) is 0 Å². The lowest BCUT2D eigenvalue weighted by molar-refractivity contribution is -0.137. The van der Waals surface area contributed by atoms with E-state index in [9.17, 15) is 22.8 Å². The Labute approximate surface area is 101 Å². The van der Waals surface area contributed by atoms with Gasteiger partial charge >= 0.3 is 6.18 Å². The average Bonchev–Trinajstić information content (AvgIpc) is 2.41. The summed E-state index contributed by atoms with van der Waals surface area (Å²) in [5.41, 5.74) is -0.946. The summed E-state index contributed by atoms with van der Waals surface area (Å²) in [4.78, 5) is 22.3. The summed E-state index contributed by atoms with van der Waals surface area (Å²) >= 11 is 1.60. The zero-order valence-electron chi connectivity index (χ0n) is 7.48. The molecule has 0 fully saturated rings. The van der Waals surface area contributed by atoms with Crippen LogP contribution in [0.15, 0.2) is 12.1 Å². The largest absolute Gasteiger partial charge is 0.416 e. The van der Waals surface area contributed by atoms with Crippen LogP contribution < -0.4 is 5.32 Å². The lowest BCUT2D eigenvalue weighted by Gasteiger charge is -2.09. The van der Waals surface area contributed by atoms with E-state index >= 15 is 0 Å². The molecule has 0 unspecified atom stereocenters. The number of rotatable bonds is 0. The first-order chi connectivity index (χ1) is 7.30. The maximum atomic E-state index is 12.4. The first-order valence-electron chi connectivity index (χ1n) is 4.07. The Balaban J connectivity index is 2.63. The van der Waals surface area contributed by atoms with Crippen molar-refractivity contribution in [3.63, 3.8) is 0 Å². The Hall–Kier alpha value is -1.12. The molecule has 1 amide bonds. The van der Waals surface area contributed by atoms with E-state index in [4.69, 9.17) is 0 Å². The summed E-state index contributed by atoms with van der Waals surface area (Å²) in [6, 6.07) is 1.61. The average molecular weight is 341 g/mol. The van der Waals surface area contributed by atoms with Gasteiger partial charge in [-0.3, -0.25) is 9.59 Å². The molecule has 1 aliphatic rings. The normalized spacial score (nSPS) is 15.0. The first-order valence-corrected chi connectivity index (χ1v) is 5.15. The Morgan fingerprint density at radius 1 is 1.19 bits per heavy atom. The van der Waals surface area contributed by atoms with Gasteiger partial charge in [0.2, 0.25) is 0 Å². The third kappa shape index (κ3) is 1.68. The van der Waals surface area contributed by atoms with Crippen LogP contribution >= 0.6 is 22.6 Å². The molecular weight excluding hydrogens is 338 g/mol. The molecule has 1 aromatic rings. The molecule has 1 N–H and O–H groups in total. The zero-order chi connectivity index (χ0) is 12.1. The van der Waals surface area contributed by atoms with Gasteiger partial charge in [0.05, 0.1) is 16.8 Å². The predicted molar refractivity (Wildman–Crippen MR) is 57.1 cm³/mol. The molecule has 1 aromatic carbocycles. The van der Waals surface area contributed by atoms with Crippen LogP contribution in [-0.2, 0) is 11.0 Å². The van der Waals surface area contributed by atoms with Gasteiger partial charge in [-0.05, 0) is 34.7 Å². The van der Waals surface area contributed by atoms with Crippen molar-refractivity contribution in [1.29, 1.82) is 0 Å². The molecule has 2 rings (SSSR count). The lowest BCUT2D eigenvalue weighted by Crippen LogP contribution is -2.12. The number of benzene rings is 1. The number of amides is 1. The minimum absolute atomic E-state index is 0.0126. The number of fused-ring (bicyclic) bond motifs is 1. The lowest BCUT2D eigenvalue weighted by atomic mass is 10.1. The number of carbonyl (C=O) groups excluding carboxylic acids is 2. The van der Waals surface area contributed by atoms with Crippen LogP contribution in [0.1, 0.15) is 15.9 Å². The Morgan fingerprint density at radius 3 is 2.38 bits per heavy atom. The highest BCUT2D eigenvalue weighted by Crippen LogP contribution is 2.36. The summed E-state index contributed by atoms with van der Waals surface area (Å²) < 4.78 is 37.4. The number of Topliss-reactive ketones (excluding diaryl/α,β-unsaturated/α-hetero) is 1. The van der Waals surface area contributed by atoms with E-state index in [1.165, 1.54) is 0 Å². The van der Waals surface area contributed by atoms with Gasteiger partial charge in [0.1, 0.15) is 0 Å². The molecule has 0 radical (unpaired) electrons. The van der Waals surface area contributed by atoms with Crippen molar-refractivity contribution in [2.45, 2.75) is 6.18 Å². The first kappa shape index (κ1) is 11.4. The second kappa shape index (κ2) is 3.44. The van der Waals surface area contributed by atoms with Gasteiger partial charge in [-0.2, -0.15) is 13.2 Å². The minimum Gasteiger partial charge on any atom is -0.318 e. The number of carbonyl (C=O) groups is 2. The molecule has 0 atom stereocenters. The van der Waals surface area contributed by atoms with Crippen LogP contribution in [0.4, 0.5) is 18.9 Å². The Kier molecular flexibility index (Phi) is 2.44. The summed E-state index contributed by atoms with van der Waals surface area (Å²) in [7, 11) is 0. The van der Waals surface area contributed by atoms with Crippen molar-refractivity contribution in [2.75, 3.05) is 5.32 Å². The molecule has 1 heterocycles. The van der Waals surface area contributed by atoms with E-state index in [2.05, 4.69) is 5.32 Å². The SMILES string of the molecule is O=C1Nc2cc(C(F)(F)F)cc(I)c2C1=O. The fourth-order valence-electron chi connectivity index (χ4n) is 1.39. The molecule has 7 heteroatoms. The number of ketones is 1. The van der Waals surface area contributed by atoms with Crippen molar-refractivity contribution in [3.05, 3.63) is 26.8 Å². The molecule has 0 spiro atoms. The molecule has 16 heavy (non-hydrogen) atoms. The molecule has 0 bridgehead atoms. The van der Waals surface area contributed by atoms with Gasteiger partial charge in [0.15, 0.2) is 0 Å². The highest BCUT2D eigenvalue weighted by molar-refractivity contribution is 14.1. The van der Waals surface area contributed by atoms with E-state index in [1.807, 2.05) is 0 Å². The van der Waals surface area contributed by atoms with E-state index in [0.717, 1.165) is 12.1 Å². The molecule has 3 nitrogen and oxygen atoms in total. The van der Waals surface area contributed by atoms with Crippen molar-refractivity contribution < 1.29 is 22.8 Å². The van der Waals surface area contributed by atoms with Crippen LogP contribution in [0.2, 0.25) is 0 Å². The highest BCUT2D eigenvalue weighted by atomic mass is 127. The van der Waals surface area contributed by atoms with Gasteiger partial charge in [-0.25, -0.2) is 0 Å². The summed E-state index contributed by atoms with van der Waals surface area (Å²) in [5.74, 6) is -1.69. The summed E-state index contributed by atoms with van der Waals surface area (Å²) in [6.07, 6.45) is -4.49. The summed E-state index contributed by atoms with van der Waals surface area (Å²) in [5, 5.41) is 2.11. The number of halogens is 4. The smallest absolute Gasteiger partial charge is 0.318 e. The highest BCUT2D eigenvalue weighted by Gasteiger charge is 2.36. The quantitative estimate of drug-likeness (QED) is 0.582. The van der Waals surface area contributed by atoms with E-state index in [1.54, 1.807) is 22.6 Å². The van der Waals surface area contributed by atoms with Crippen molar-refractivity contribution in [1.82, 2.24) is 0 Å². The van der Waals surface area contributed by atoms with Crippen LogP contribution in [0, 0.1) is 3.57 Å². The maximum Gasteiger partial charge on any atom is 0.416 e. The standard InChI is InChI=1S/C9H3F3INO2/c10-9(11,12)3-1-4(13)6-5(2-3)14-8(16)7(6)15/h1-2H,(H,14,15,16). The number of hydrogen-bond acceptors (Lipinski definition) is 2. The van der Waals surface area contributed by atoms with Crippen LogP contribution in [-0.4, -0.2) is 11.7 Å². The molecular formula is C9H3F3INO2. The summed E-state index contributed by atoms with van der Waals surface area (Å²) in [6.45, 7) is 0. The van der Waals surface area contributed by atoms with E-state index in [-0.39, 0.29) is 14.8 Å². The fourth-order valence-corrected chi connectivity index (χ4v) is 2.26. The number of hydrogen-bond donors (Lipinski definition) is 1. The van der Waals surface area contributed by atoms with Crippen LogP contribution in [0.5, 0.6) is 0 Å². The number of anilines is 1. The second-order valence-corrected chi connectivity index (χ2v) is 4.32. The molecule has 1 aliphatic heterocycles. The molecule has 0 saturated heterocycles. The topological polar surface area (TPSA) is 46.2 Å². The van der Waals surface area contributed by atoms with Gasteiger partial charge in [-0.15, -0.1) is 0 Å². The number of nitrogens with one attached hydrogen (secondary N) is 1. The second-order valence-electron chi connectivity index (χ2n) is 3.16. The molecule has 84 valence electrons. The van der Waals surface area contributed by atoms with E-state index < -0.39 is 23.4 Å².